The molecule has 0 unspecified atom stereocenters. The molecule has 90 valence electrons. The Morgan fingerprint density at radius 3 is 2.38 bits per heavy atom. The van der Waals surface area contributed by atoms with Gasteiger partial charge >= 0.3 is 0 Å². The van der Waals surface area contributed by atoms with Gasteiger partial charge in [0, 0.05) is 12.0 Å². The summed E-state index contributed by atoms with van der Waals surface area (Å²) in [6.07, 6.45) is 1.21. The molecule has 0 N–H and O–H groups in total. The number of halogens is 1. The second-order valence-electron chi connectivity index (χ2n) is 3.47. The van der Waals surface area contributed by atoms with Crippen molar-refractivity contribution in [2.75, 3.05) is 17.8 Å². The van der Waals surface area contributed by atoms with Gasteiger partial charge in [-0.05, 0) is 13.8 Å². The van der Waals surface area contributed by atoms with Crippen molar-refractivity contribution in [1.29, 1.82) is 0 Å². The van der Waals surface area contributed by atoms with Crippen molar-refractivity contribution in [3.63, 3.8) is 0 Å². The van der Waals surface area contributed by atoms with Gasteiger partial charge in [0.05, 0.1) is 17.1 Å². The molecule has 0 aliphatic carbocycles. The van der Waals surface area contributed by atoms with Crippen molar-refractivity contribution >= 4 is 33.2 Å². The van der Waals surface area contributed by atoms with Crippen LogP contribution in [0, 0.1) is 13.8 Å². The first-order chi connectivity index (χ1) is 7.29. The number of sulfone groups is 1. The van der Waals surface area contributed by atoms with Gasteiger partial charge in [-0.15, -0.1) is 11.8 Å². The van der Waals surface area contributed by atoms with Crippen LogP contribution in [0.25, 0.3) is 0 Å². The molecule has 1 rings (SSSR count). The van der Waals surface area contributed by atoms with E-state index in [1.807, 2.05) is 13.8 Å². The van der Waals surface area contributed by atoms with E-state index in [0.717, 1.165) is 11.4 Å². The second kappa shape index (κ2) is 5.33. The quantitative estimate of drug-likeness (QED) is 0.788. The molecule has 0 spiro atoms. The lowest BCUT2D eigenvalue weighted by molar-refractivity contribution is 0.603. The molecule has 0 saturated heterocycles. The molecule has 0 atom stereocenters. The van der Waals surface area contributed by atoms with E-state index in [9.17, 15) is 8.42 Å². The van der Waals surface area contributed by atoms with E-state index in [1.165, 1.54) is 18.0 Å². The highest BCUT2D eigenvalue weighted by Gasteiger charge is 2.09. The van der Waals surface area contributed by atoms with Gasteiger partial charge in [0.2, 0.25) is 0 Å². The molecule has 0 aliphatic rings. The molecule has 0 radical (unpaired) electrons. The van der Waals surface area contributed by atoms with E-state index in [-0.39, 0.29) is 5.75 Å². The third kappa shape index (κ3) is 4.27. The van der Waals surface area contributed by atoms with Crippen LogP contribution in [0.2, 0.25) is 5.15 Å². The maximum atomic E-state index is 10.9. The molecule has 16 heavy (non-hydrogen) atoms. The van der Waals surface area contributed by atoms with Gasteiger partial charge in [-0.3, -0.25) is 0 Å². The first-order valence-electron chi connectivity index (χ1n) is 4.61. The van der Waals surface area contributed by atoms with E-state index < -0.39 is 9.84 Å². The van der Waals surface area contributed by atoms with E-state index >= 15 is 0 Å². The van der Waals surface area contributed by atoms with E-state index in [2.05, 4.69) is 9.97 Å². The van der Waals surface area contributed by atoms with Crippen LogP contribution in [0.5, 0.6) is 0 Å². The van der Waals surface area contributed by atoms with E-state index in [0.29, 0.717) is 15.9 Å². The molecule has 1 aromatic rings. The van der Waals surface area contributed by atoms with Crippen molar-refractivity contribution in [1.82, 2.24) is 9.97 Å². The second-order valence-corrected chi connectivity index (χ2v) is 7.17. The molecule has 0 fully saturated rings. The Bertz CT molecular complexity index is 489. The lowest BCUT2D eigenvalue weighted by Crippen LogP contribution is -2.05. The van der Waals surface area contributed by atoms with Crippen molar-refractivity contribution in [3.8, 4) is 0 Å². The van der Waals surface area contributed by atoms with Crippen LogP contribution in [0.3, 0.4) is 0 Å². The van der Waals surface area contributed by atoms with Crippen molar-refractivity contribution < 1.29 is 8.42 Å². The predicted octanol–water partition coefficient (Wildman–Crippen LogP) is 1.88. The van der Waals surface area contributed by atoms with Crippen molar-refractivity contribution in [2.24, 2.45) is 0 Å². The van der Waals surface area contributed by atoms with Gasteiger partial charge in [-0.1, -0.05) is 11.6 Å². The summed E-state index contributed by atoms with van der Waals surface area (Å²) in [4.78, 5) is 8.39. The first-order valence-corrected chi connectivity index (χ1v) is 8.03. The largest absolute Gasteiger partial charge is 0.242 e. The zero-order valence-electron chi connectivity index (χ0n) is 9.32. The van der Waals surface area contributed by atoms with Crippen LogP contribution in [-0.2, 0) is 9.84 Å². The fourth-order valence-corrected chi connectivity index (χ4v) is 3.37. The molecule has 4 nitrogen and oxygen atoms in total. The van der Waals surface area contributed by atoms with Crippen LogP contribution in [0.15, 0.2) is 5.03 Å². The molecular weight excluding hydrogens is 268 g/mol. The monoisotopic (exact) mass is 280 g/mol. The van der Waals surface area contributed by atoms with Gasteiger partial charge in [-0.25, -0.2) is 18.4 Å². The fourth-order valence-electron chi connectivity index (χ4n) is 0.937. The van der Waals surface area contributed by atoms with Gasteiger partial charge in [0.15, 0.2) is 5.15 Å². The van der Waals surface area contributed by atoms with Gasteiger partial charge in [0.1, 0.15) is 14.9 Å². The zero-order valence-corrected chi connectivity index (χ0v) is 11.7. The lowest BCUT2D eigenvalue weighted by Gasteiger charge is -2.05. The molecule has 0 amide bonds. The standard InChI is InChI=1S/C9H13ClN2O2S2/c1-6-7(2)12-9(8(10)11-6)15-4-5-16(3,13)14/h4-5H2,1-3H3. The Morgan fingerprint density at radius 2 is 1.81 bits per heavy atom. The molecular formula is C9H13ClN2O2S2. The maximum absolute atomic E-state index is 10.9. The van der Waals surface area contributed by atoms with Crippen LogP contribution >= 0.6 is 23.4 Å². The van der Waals surface area contributed by atoms with Gasteiger partial charge in [0.25, 0.3) is 0 Å². The SMILES string of the molecule is Cc1nc(Cl)c(SCCS(C)(=O)=O)nc1C. The van der Waals surface area contributed by atoms with Crippen LogP contribution in [-0.4, -0.2) is 36.1 Å². The number of aryl methyl sites for hydroxylation is 2. The minimum absolute atomic E-state index is 0.114. The van der Waals surface area contributed by atoms with Crippen LogP contribution in [0.4, 0.5) is 0 Å². The summed E-state index contributed by atoms with van der Waals surface area (Å²) in [5, 5.41) is 0.926. The third-order valence-corrected chi connectivity index (χ3v) is 4.47. The topological polar surface area (TPSA) is 59.9 Å². The highest BCUT2D eigenvalue weighted by molar-refractivity contribution is 8.00. The Kier molecular flexibility index (Phi) is 4.58. The lowest BCUT2D eigenvalue weighted by atomic mass is 10.4. The molecule has 1 heterocycles. The number of hydrogen-bond acceptors (Lipinski definition) is 5. The zero-order chi connectivity index (χ0) is 12.3. The molecule has 0 bridgehead atoms. The summed E-state index contributed by atoms with van der Waals surface area (Å²) in [6, 6.07) is 0. The average molecular weight is 281 g/mol. The molecule has 0 aliphatic heterocycles. The van der Waals surface area contributed by atoms with Crippen LogP contribution < -0.4 is 0 Å². The summed E-state index contributed by atoms with van der Waals surface area (Å²) in [5.41, 5.74) is 1.60. The number of rotatable bonds is 4. The number of thioether (sulfide) groups is 1. The Balaban J connectivity index is 2.71. The Labute approximate surface area is 105 Å². The summed E-state index contributed by atoms with van der Waals surface area (Å²) in [6.45, 7) is 3.68. The Hall–Kier alpha value is -0.330. The van der Waals surface area contributed by atoms with Crippen molar-refractivity contribution in [2.45, 2.75) is 18.9 Å². The normalized spacial score (nSPS) is 11.8. The van der Waals surface area contributed by atoms with Gasteiger partial charge in [-0.2, -0.15) is 0 Å². The first kappa shape index (κ1) is 13.7. The average Bonchev–Trinajstić information content (AvgIpc) is 2.11. The number of hydrogen-bond donors (Lipinski definition) is 0. The third-order valence-electron chi connectivity index (χ3n) is 1.93. The smallest absolute Gasteiger partial charge is 0.161 e. The van der Waals surface area contributed by atoms with Gasteiger partial charge < -0.3 is 0 Å². The Morgan fingerprint density at radius 1 is 1.25 bits per heavy atom. The van der Waals surface area contributed by atoms with E-state index in [4.69, 9.17) is 11.6 Å². The molecule has 7 heteroatoms. The maximum Gasteiger partial charge on any atom is 0.161 e. The summed E-state index contributed by atoms with van der Waals surface area (Å²) >= 11 is 7.22. The fraction of sp³-hybridized carbons (Fsp3) is 0.556. The predicted molar refractivity (Wildman–Crippen MR) is 67.0 cm³/mol. The molecule has 1 aromatic heterocycles. The molecule has 0 saturated carbocycles. The number of aromatic nitrogens is 2. The summed E-state index contributed by atoms with van der Waals surface area (Å²) in [7, 11) is -2.94. The summed E-state index contributed by atoms with van der Waals surface area (Å²) in [5.74, 6) is 0.554. The van der Waals surface area contributed by atoms with Crippen molar-refractivity contribution in [3.05, 3.63) is 16.5 Å². The van der Waals surface area contributed by atoms with E-state index in [1.54, 1.807) is 0 Å². The highest BCUT2D eigenvalue weighted by Crippen LogP contribution is 2.24. The summed E-state index contributed by atoms with van der Waals surface area (Å²) < 4.78 is 21.9. The minimum Gasteiger partial charge on any atom is -0.242 e. The van der Waals surface area contributed by atoms with Crippen LogP contribution in [0.1, 0.15) is 11.4 Å². The minimum atomic E-state index is -2.94. The molecule has 0 aromatic carbocycles. The number of nitrogens with zero attached hydrogens (tertiary/aromatic N) is 2. The highest BCUT2D eigenvalue weighted by atomic mass is 35.5.